The number of hydrogen-bond donors (Lipinski definition) is 1. The Morgan fingerprint density at radius 3 is 2.34 bits per heavy atom. The highest BCUT2D eigenvalue weighted by molar-refractivity contribution is 6.02. The molecule has 0 aliphatic carbocycles. The van der Waals surface area contributed by atoms with Crippen molar-refractivity contribution in [3.8, 4) is 11.5 Å². The van der Waals surface area contributed by atoms with E-state index in [9.17, 15) is 18.3 Å². The first kappa shape index (κ1) is 28.1. The molecular formula is C30H30F4N4O3. The summed E-state index contributed by atoms with van der Waals surface area (Å²) in [4.78, 5) is 10.4. The molecule has 1 saturated heterocycles. The van der Waals surface area contributed by atoms with Gasteiger partial charge in [0.1, 0.15) is 23.0 Å². The summed E-state index contributed by atoms with van der Waals surface area (Å²) >= 11 is 0. The second-order valence-electron chi connectivity index (χ2n) is 9.81. The van der Waals surface area contributed by atoms with Gasteiger partial charge in [0.25, 0.3) is 0 Å². The van der Waals surface area contributed by atoms with Gasteiger partial charge in [-0.2, -0.15) is 13.2 Å². The monoisotopic (exact) mass is 570 g/mol. The minimum atomic E-state index is -4.61. The molecule has 0 aromatic heterocycles. The van der Waals surface area contributed by atoms with Crippen molar-refractivity contribution in [1.29, 1.82) is 0 Å². The number of anilines is 2. The number of halogens is 4. The van der Waals surface area contributed by atoms with Crippen molar-refractivity contribution < 1.29 is 32.1 Å². The van der Waals surface area contributed by atoms with Crippen LogP contribution in [0.25, 0.3) is 0 Å². The number of guanidine groups is 1. The minimum absolute atomic E-state index is 0.0708. The lowest BCUT2D eigenvalue weighted by Crippen LogP contribution is -2.55. The summed E-state index contributed by atoms with van der Waals surface area (Å²) in [6, 6.07) is 14.5. The van der Waals surface area contributed by atoms with Crippen molar-refractivity contribution in [1.82, 2.24) is 4.90 Å². The molecule has 0 bridgehead atoms. The number of alkyl halides is 3. The summed E-state index contributed by atoms with van der Waals surface area (Å²) in [5.74, 6) is 0.388. The first-order valence-corrected chi connectivity index (χ1v) is 13.0. The average molecular weight is 571 g/mol. The van der Waals surface area contributed by atoms with Gasteiger partial charge in [-0.25, -0.2) is 9.38 Å². The second-order valence-corrected chi connectivity index (χ2v) is 9.81. The summed E-state index contributed by atoms with van der Waals surface area (Å²) in [5.41, 5.74) is 0.681. The molecular weight excluding hydrogens is 540 g/mol. The van der Waals surface area contributed by atoms with Crippen LogP contribution >= 0.6 is 0 Å². The lowest BCUT2D eigenvalue weighted by Gasteiger charge is -2.45. The number of aliphatic hydroxyl groups excluding tert-OH is 1. The van der Waals surface area contributed by atoms with Crippen molar-refractivity contribution in [2.45, 2.75) is 18.6 Å². The minimum Gasteiger partial charge on any atom is -0.513 e. The molecule has 2 aliphatic rings. The first-order chi connectivity index (χ1) is 19.6. The van der Waals surface area contributed by atoms with Crippen molar-refractivity contribution in [2.24, 2.45) is 4.99 Å². The fraction of sp³-hybridized carbons (Fsp3) is 0.300. The van der Waals surface area contributed by atoms with Gasteiger partial charge in [-0.1, -0.05) is 24.8 Å². The topological polar surface area (TPSA) is 60.8 Å². The van der Waals surface area contributed by atoms with Crippen LogP contribution in [0.15, 0.2) is 78.0 Å². The van der Waals surface area contributed by atoms with Gasteiger partial charge in [-0.3, -0.25) is 0 Å². The number of piperazine rings is 1. The third kappa shape index (κ3) is 5.61. The SMILES string of the molecule is C=C(O)C[C@H]1c2cccc(F)c2N=C(N2CCN(c3cccc(OC)c3)CC2)N1c1cc(C(F)(F)F)ccc1OC. The summed E-state index contributed by atoms with van der Waals surface area (Å²) < 4.78 is 67.6. The molecule has 0 spiro atoms. The van der Waals surface area contributed by atoms with E-state index in [1.54, 1.807) is 18.1 Å². The van der Waals surface area contributed by atoms with Gasteiger partial charge in [0.15, 0.2) is 0 Å². The molecule has 0 amide bonds. The van der Waals surface area contributed by atoms with Crippen LogP contribution in [0.1, 0.15) is 23.6 Å². The molecule has 0 saturated carbocycles. The zero-order chi connectivity index (χ0) is 29.3. The Morgan fingerprint density at radius 1 is 0.976 bits per heavy atom. The van der Waals surface area contributed by atoms with E-state index in [4.69, 9.17) is 9.47 Å². The largest absolute Gasteiger partial charge is 0.513 e. The number of hydrogen-bond acceptors (Lipinski definition) is 7. The average Bonchev–Trinajstić information content (AvgIpc) is 2.96. The normalized spacial score (nSPS) is 17.2. The molecule has 1 atom stereocenters. The van der Waals surface area contributed by atoms with E-state index in [1.165, 1.54) is 25.3 Å². The third-order valence-electron chi connectivity index (χ3n) is 7.29. The molecule has 1 N–H and O–H groups in total. The Balaban J connectivity index is 1.60. The molecule has 3 aromatic carbocycles. The van der Waals surface area contributed by atoms with E-state index < -0.39 is 23.6 Å². The number of fused-ring (bicyclic) bond motifs is 1. The number of benzene rings is 3. The zero-order valence-electron chi connectivity index (χ0n) is 22.7. The van der Waals surface area contributed by atoms with Crippen LogP contribution in [-0.4, -0.2) is 56.4 Å². The van der Waals surface area contributed by atoms with E-state index in [0.717, 1.165) is 23.6 Å². The quantitative estimate of drug-likeness (QED) is 0.263. The maximum Gasteiger partial charge on any atom is 0.416 e. The van der Waals surface area contributed by atoms with Gasteiger partial charge in [0.05, 0.1) is 37.3 Å². The second kappa shape index (κ2) is 11.2. The van der Waals surface area contributed by atoms with Crippen LogP contribution in [-0.2, 0) is 6.18 Å². The Bertz CT molecular complexity index is 1470. The molecule has 2 heterocycles. The number of aliphatic imine (C=N–C) groups is 1. The zero-order valence-corrected chi connectivity index (χ0v) is 22.7. The van der Waals surface area contributed by atoms with E-state index in [0.29, 0.717) is 31.7 Å². The van der Waals surface area contributed by atoms with E-state index in [1.807, 2.05) is 29.2 Å². The molecule has 5 rings (SSSR count). The highest BCUT2D eigenvalue weighted by Gasteiger charge is 2.39. The molecule has 11 heteroatoms. The van der Waals surface area contributed by atoms with Gasteiger partial charge < -0.3 is 29.3 Å². The van der Waals surface area contributed by atoms with Crippen LogP contribution in [0.4, 0.5) is 34.6 Å². The number of rotatable bonds is 6. The fourth-order valence-corrected chi connectivity index (χ4v) is 5.30. The highest BCUT2D eigenvalue weighted by atomic mass is 19.4. The van der Waals surface area contributed by atoms with Crippen molar-refractivity contribution in [2.75, 3.05) is 50.2 Å². The van der Waals surface area contributed by atoms with Crippen LogP contribution in [0.3, 0.4) is 0 Å². The molecule has 7 nitrogen and oxygen atoms in total. The summed E-state index contributed by atoms with van der Waals surface area (Å²) in [6.45, 7) is 5.66. The summed E-state index contributed by atoms with van der Waals surface area (Å²) in [5, 5.41) is 10.3. The van der Waals surface area contributed by atoms with Crippen LogP contribution in [0.5, 0.6) is 11.5 Å². The van der Waals surface area contributed by atoms with Gasteiger partial charge >= 0.3 is 6.18 Å². The Hall–Kier alpha value is -4.41. The highest BCUT2D eigenvalue weighted by Crippen LogP contribution is 2.46. The predicted octanol–water partition coefficient (Wildman–Crippen LogP) is 6.69. The van der Waals surface area contributed by atoms with Crippen molar-refractivity contribution >= 4 is 23.0 Å². The third-order valence-corrected chi connectivity index (χ3v) is 7.29. The van der Waals surface area contributed by atoms with Crippen molar-refractivity contribution in [3.63, 3.8) is 0 Å². The van der Waals surface area contributed by atoms with Crippen LogP contribution < -0.4 is 19.3 Å². The van der Waals surface area contributed by atoms with Crippen LogP contribution in [0.2, 0.25) is 0 Å². The predicted molar refractivity (Wildman–Crippen MR) is 150 cm³/mol. The molecule has 0 unspecified atom stereocenters. The lowest BCUT2D eigenvalue weighted by atomic mass is 9.96. The van der Waals surface area contributed by atoms with Crippen LogP contribution in [0, 0.1) is 5.82 Å². The first-order valence-electron chi connectivity index (χ1n) is 13.0. The summed E-state index contributed by atoms with van der Waals surface area (Å²) in [6.07, 6.45) is -4.69. The lowest BCUT2D eigenvalue weighted by molar-refractivity contribution is -0.137. The van der Waals surface area contributed by atoms with Gasteiger partial charge in [-0.05, 0) is 36.4 Å². The Morgan fingerprint density at radius 2 is 1.68 bits per heavy atom. The van der Waals surface area contributed by atoms with E-state index >= 15 is 4.39 Å². The number of methoxy groups -OCH3 is 2. The maximum absolute atomic E-state index is 15.2. The van der Waals surface area contributed by atoms with Gasteiger partial charge in [-0.15, -0.1) is 0 Å². The fourth-order valence-electron chi connectivity index (χ4n) is 5.30. The number of aliphatic hydroxyl groups is 1. The number of nitrogens with zero attached hydrogens (tertiary/aromatic N) is 4. The molecule has 3 aromatic rings. The van der Waals surface area contributed by atoms with Crippen molar-refractivity contribution in [3.05, 3.63) is 89.9 Å². The Labute approximate surface area is 235 Å². The molecule has 2 aliphatic heterocycles. The van der Waals surface area contributed by atoms with E-state index in [-0.39, 0.29) is 35.3 Å². The number of para-hydroxylation sites is 1. The molecule has 1 fully saturated rings. The molecule has 41 heavy (non-hydrogen) atoms. The molecule has 216 valence electrons. The van der Waals surface area contributed by atoms with Gasteiger partial charge in [0.2, 0.25) is 5.96 Å². The maximum atomic E-state index is 15.2. The van der Waals surface area contributed by atoms with Gasteiger partial charge in [0, 0.05) is 49.9 Å². The summed E-state index contributed by atoms with van der Waals surface area (Å²) in [7, 11) is 2.97. The molecule has 0 radical (unpaired) electrons. The van der Waals surface area contributed by atoms with E-state index in [2.05, 4.69) is 16.5 Å². The Kier molecular flexibility index (Phi) is 7.70. The standard InChI is InChI=1S/C30H30F4N4O3/c1-19(39)16-25-23-8-5-9-24(31)28(23)35-29(38(25)26-17-20(30(32,33)34)10-11-27(26)41-3)37-14-12-36(13-15-37)21-6-4-7-22(18-21)40-2/h4-11,17-18,25,39H,1,12-16H2,2-3H3/t25-/m0/s1. The number of ether oxygens (including phenoxy) is 2. The smallest absolute Gasteiger partial charge is 0.416 e.